The number of pyridine rings is 1. The van der Waals surface area contributed by atoms with E-state index in [1.165, 1.54) is 9.13 Å². The van der Waals surface area contributed by atoms with Gasteiger partial charge >= 0.3 is 5.69 Å². The molecule has 2 aromatic heterocycles. The zero-order chi connectivity index (χ0) is 19.6. The van der Waals surface area contributed by atoms with Gasteiger partial charge in [-0.25, -0.2) is 9.78 Å². The van der Waals surface area contributed by atoms with Crippen LogP contribution < -0.4 is 16.3 Å². The van der Waals surface area contributed by atoms with E-state index in [4.69, 9.17) is 0 Å². The zero-order valence-corrected chi connectivity index (χ0v) is 16.4. The van der Waals surface area contributed by atoms with Crippen LogP contribution >= 0.6 is 15.9 Å². The maximum absolute atomic E-state index is 12.1. The van der Waals surface area contributed by atoms with Gasteiger partial charge < -0.3 is 10.6 Å². The van der Waals surface area contributed by atoms with Gasteiger partial charge in [0.2, 0.25) is 11.8 Å². The molecule has 0 spiro atoms. The molecule has 0 radical (unpaired) electrons. The van der Waals surface area contributed by atoms with Gasteiger partial charge in [-0.05, 0) is 30.3 Å². The van der Waals surface area contributed by atoms with E-state index in [1.807, 2.05) is 12.1 Å². The smallest absolute Gasteiger partial charge is 0.326 e. The van der Waals surface area contributed by atoms with Crippen LogP contribution in [0.15, 0.2) is 45.7 Å². The summed E-state index contributed by atoms with van der Waals surface area (Å²) in [7, 11) is 3.28. The predicted octanol–water partition coefficient (Wildman–Crippen LogP) is 2.39. The van der Waals surface area contributed by atoms with Gasteiger partial charge in [0.25, 0.3) is 0 Å². The molecule has 2 heterocycles. The lowest BCUT2D eigenvalue weighted by atomic mass is 10.2. The Bertz CT molecular complexity index is 1090. The molecule has 0 aliphatic heterocycles. The van der Waals surface area contributed by atoms with Crippen LogP contribution in [0.1, 0.15) is 12.8 Å². The second-order valence-electron chi connectivity index (χ2n) is 6.05. The van der Waals surface area contributed by atoms with E-state index in [-0.39, 0.29) is 30.3 Å². The highest BCUT2D eigenvalue weighted by atomic mass is 79.9. The number of nitrogens with one attached hydrogen (secondary N) is 2. The molecule has 9 heteroatoms. The van der Waals surface area contributed by atoms with E-state index in [0.717, 1.165) is 4.47 Å². The van der Waals surface area contributed by atoms with Gasteiger partial charge in [0.05, 0.1) is 5.52 Å². The minimum atomic E-state index is -0.327. The number of aromatic nitrogens is 3. The maximum atomic E-state index is 12.1. The highest BCUT2D eigenvalue weighted by Crippen LogP contribution is 2.16. The number of fused-ring (bicyclic) bond motifs is 1. The van der Waals surface area contributed by atoms with Crippen LogP contribution in [0.3, 0.4) is 0 Å². The van der Waals surface area contributed by atoms with Crippen molar-refractivity contribution < 1.29 is 9.59 Å². The van der Waals surface area contributed by atoms with Crippen molar-refractivity contribution in [3.63, 3.8) is 0 Å². The van der Waals surface area contributed by atoms with Crippen molar-refractivity contribution in [2.24, 2.45) is 14.1 Å². The van der Waals surface area contributed by atoms with E-state index in [2.05, 4.69) is 31.5 Å². The Morgan fingerprint density at radius 1 is 1.04 bits per heavy atom. The highest BCUT2D eigenvalue weighted by Gasteiger charge is 2.12. The predicted molar refractivity (Wildman–Crippen MR) is 107 cm³/mol. The monoisotopic (exact) mass is 431 g/mol. The minimum absolute atomic E-state index is 0.0211. The third-order valence-electron chi connectivity index (χ3n) is 4.06. The fourth-order valence-electron chi connectivity index (χ4n) is 2.66. The quantitative estimate of drug-likeness (QED) is 0.647. The van der Waals surface area contributed by atoms with Crippen LogP contribution in [0.4, 0.5) is 11.5 Å². The average molecular weight is 432 g/mol. The van der Waals surface area contributed by atoms with E-state index in [0.29, 0.717) is 22.7 Å². The summed E-state index contributed by atoms with van der Waals surface area (Å²) < 4.78 is 3.76. The molecular formula is C18H18BrN5O3. The number of amides is 2. The van der Waals surface area contributed by atoms with Gasteiger partial charge in [-0.2, -0.15) is 0 Å². The number of rotatable bonds is 5. The van der Waals surface area contributed by atoms with E-state index >= 15 is 0 Å². The third kappa shape index (κ3) is 4.25. The first-order valence-electron chi connectivity index (χ1n) is 8.23. The minimum Gasteiger partial charge on any atom is -0.326 e. The third-order valence-corrected chi connectivity index (χ3v) is 4.56. The number of carbonyl (C=O) groups excluding carboxylic acids is 2. The van der Waals surface area contributed by atoms with Crippen LogP contribution in [0.2, 0.25) is 0 Å². The molecule has 0 atom stereocenters. The molecule has 0 unspecified atom stereocenters. The molecule has 0 aliphatic rings. The zero-order valence-electron chi connectivity index (χ0n) is 14.8. The van der Waals surface area contributed by atoms with Crippen LogP contribution in [0.25, 0.3) is 11.2 Å². The Kier molecular flexibility index (Phi) is 5.41. The Morgan fingerprint density at radius 2 is 1.74 bits per heavy atom. The molecule has 3 rings (SSSR count). The first kappa shape index (κ1) is 18.8. The Hall–Kier alpha value is -2.94. The number of nitrogens with zero attached hydrogens (tertiary/aromatic N) is 3. The van der Waals surface area contributed by atoms with Crippen molar-refractivity contribution >= 4 is 50.4 Å². The molecule has 0 bridgehead atoms. The van der Waals surface area contributed by atoms with Gasteiger partial charge in [0.15, 0.2) is 5.65 Å². The normalized spacial score (nSPS) is 10.8. The van der Waals surface area contributed by atoms with Crippen molar-refractivity contribution in [1.29, 1.82) is 0 Å². The highest BCUT2D eigenvalue weighted by molar-refractivity contribution is 9.10. The molecule has 140 valence electrons. The van der Waals surface area contributed by atoms with E-state index in [1.54, 1.807) is 38.4 Å². The van der Waals surface area contributed by atoms with Crippen molar-refractivity contribution in [2.45, 2.75) is 12.8 Å². The van der Waals surface area contributed by atoms with Crippen LogP contribution in [-0.4, -0.2) is 25.9 Å². The van der Waals surface area contributed by atoms with Gasteiger partial charge in [0.1, 0.15) is 5.82 Å². The number of anilines is 2. The lowest BCUT2D eigenvalue weighted by Crippen LogP contribution is -2.19. The molecule has 2 amide bonds. The summed E-state index contributed by atoms with van der Waals surface area (Å²) in [5.74, 6) is -0.245. The van der Waals surface area contributed by atoms with Gasteiger partial charge in [-0.15, -0.1) is 0 Å². The molecule has 0 aliphatic carbocycles. The fourth-order valence-corrected chi connectivity index (χ4v) is 3.06. The van der Waals surface area contributed by atoms with Gasteiger partial charge in [0, 0.05) is 37.1 Å². The topological polar surface area (TPSA) is 98.0 Å². The summed E-state index contributed by atoms with van der Waals surface area (Å²) in [6.45, 7) is 0. The molecule has 3 aromatic rings. The lowest BCUT2D eigenvalue weighted by Gasteiger charge is -2.07. The number of halogens is 1. The largest absolute Gasteiger partial charge is 0.329 e. The van der Waals surface area contributed by atoms with Crippen molar-refractivity contribution in [3.05, 3.63) is 51.4 Å². The van der Waals surface area contributed by atoms with Crippen molar-refractivity contribution in [3.8, 4) is 0 Å². The molecule has 27 heavy (non-hydrogen) atoms. The van der Waals surface area contributed by atoms with Crippen molar-refractivity contribution in [2.75, 3.05) is 10.6 Å². The maximum Gasteiger partial charge on any atom is 0.329 e. The first-order valence-corrected chi connectivity index (χ1v) is 9.02. The number of carbonyl (C=O) groups is 2. The number of hydrogen-bond donors (Lipinski definition) is 2. The average Bonchev–Trinajstić information content (AvgIpc) is 2.84. The number of imidazole rings is 1. The number of aryl methyl sites for hydroxylation is 2. The molecule has 1 aromatic carbocycles. The fraction of sp³-hybridized carbons (Fsp3) is 0.222. The molecule has 2 N–H and O–H groups in total. The summed E-state index contributed by atoms with van der Waals surface area (Å²) in [4.78, 5) is 40.3. The Morgan fingerprint density at radius 3 is 2.44 bits per heavy atom. The Balaban J connectivity index is 1.59. The molecule has 0 saturated heterocycles. The van der Waals surface area contributed by atoms with Gasteiger partial charge in [-0.1, -0.05) is 22.0 Å². The summed E-state index contributed by atoms with van der Waals surface area (Å²) in [6, 6.07) is 10.6. The lowest BCUT2D eigenvalue weighted by molar-refractivity contribution is -0.121. The SMILES string of the molecule is Cn1c(=O)n(C)c2nc(NC(=O)CCC(=O)Nc3cccc(Br)c3)ccc21. The second kappa shape index (κ2) is 7.75. The van der Waals surface area contributed by atoms with E-state index in [9.17, 15) is 14.4 Å². The molecular weight excluding hydrogens is 414 g/mol. The van der Waals surface area contributed by atoms with Crippen LogP contribution in [0, 0.1) is 0 Å². The Labute approximate surface area is 163 Å². The summed E-state index contributed by atoms with van der Waals surface area (Å²) >= 11 is 3.33. The van der Waals surface area contributed by atoms with Crippen molar-refractivity contribution in [1.82, 2.24) is 14.1 Å². The second-order valence-corrected chi connectivity index (χ2v) is 6.96. The van der Waals surface area contributed by atoms with Gasteiger partial charge in [-0.3, -0.25) is 18.7 Å². The summed E-state index contributed by atoms with van der Waals surface area (Å²) in [5, 5.41) is 5.39. The first-order chi connectivity index (χ1) is 12.8. The van der Waals surface area contributed by atoms with E-state index < -0.39 is 0 Å². The summed E-state index contributed by atoms with van der Waals surface area (Å²) in [5.41, 5.74) is 1.62. The molecule has 0 saturated carbocycles. The number of hydrogen-bond acceptors (Lipinski definition) is 4. The molecule has 8 nitrogen and oxygen atoms in total. The number of benzene rings is 1. The molecule has 0 fully saturated rings. The van der Waals surface area contributed by atoms with Crippen LogP contribution in [-0.2, 0) is 23.7 Å². The summed E-state index contributed by atoms with van der Waals surface area (Å²) in [6.07, 6.45) is 0.0672. The van der Waals surface area contributed by atoms with Crippen LogP contribution in [0.5, 0.6) is 0 Å². The standard InChI is InChI=1S/C18H18BrN5O3/c1-23-13-6-7-14(22-17(13)24(2)18(23)27)21-16(26)9-8-15(25)20-12-5-3-4-11(19)10-12/h3-7,10H,8-9H2,1-2H3,(H,20,25)(H,21,22,26).